The molecule has 0 atom stereocenters. The van der Waals surface area contributed by atoms with Crippen LogP contribution in [0, 0.1) is 12.7 Å². The quantitative estimate of drug-likeness (QED) is 0.666. The first kappa shape index (κ1) is 11.1. The second-order valence-corrected chi connectivity index (χ2v) is 2.97. The molecule has 1 rings (SSSR count). The highest BCUT2D eigenvalue weighted by Crippen LogP contribution is 2.31. The first-order valence-electron chi connectivity index (χ1n) is 3.51. The Morgan fingerprint density at radius 1 is 1.29 bits per heavy atom. The van der Waals surface area contributed by atoms with Gasteiger partial charge in [0.2, 0.25) is 0 Å². The predicted octanol–water partition coefficient (Wildman–Crippen LogP) is 3.69. The Morgan fingerprint density at radius 3 is 2.36 bits per heavy atom. The standard InChI is InChI=1S/C8H5ClF4O/c1-4-6(9)2-5(10)3-7(4)14-8(11,12)13/h2-3H,1H3. The van der Waals surface area contributed by atoms with Crippen molar-refractivity contribution in [3.05, 3.63) is 28.5 Å². The second-order valence-electron chi connectivity index (χ2n) is 2.56. The maximum atomic E-state index is 12.7. The molecular formula is C8H5ClF4O. The van der Waals surface area contributed by atoms with Gasteiger partial charge in [0.1, 0.15) is 11.6 Å². The average molecular weight is 229 g/mol. The molecule has 1 aromatic rings. The van der Waals surface area contributed by atoms with Crippen molar-refractivity contribution in [2.75, 3.05) is 0 Å². The minimum atomic E-state index is -4.85. The third-order valence-corrected chi connectivity index (χ3v) is 1.88. The summed E-state index contributed by atoms with van der Waals surface area (Å²) in [5, 5.41) is -0.107. The van der Waals surface area contributed by atoms with Gasteiger partial charge in [-0.2, -0.15) is 0 Å². The van der Waals surface area contributed by atoms with Gasteiger partial charge in [-0.15, -0.1) is 13.2 Å². The van der Waals surface area contributed by atoms with Crippen molar-refractivity contribution in [2.45, 2.75) is 13.3 Å². The fourth-order valence-corrected chi connectivity index (χ4v) is 1.05. The van der Waals surface area contributed by atoms with Gasteiger partial charge >= 0.3 is 6.36 Å². The van der Waals surface area contributed by atoms with Crippen molar-refractivity contribution in [3.63, 3.8) is 0 Å². The number of alkyl halides is 3. The van der Waals surface area contributed by atoms with Crippen LogP contribution in [0.3, 0.4) is 0 Å². The lowest BCUT2D eigenvalue weighted by atomic mass is 10.2. The van der Waals surface area contributed by atoms with Crippen molar-refractivity contribution in [1.29, 1.82) is 0 Å². The van der Waals surface area contributed by atoms with Crippen LogP contribution in [0.15, 0.2) is 12.1 Å². The Bertz CT molecular complexity index is 348. The van der Waals surface area contributed by atoms with Gasteiger partial charge in [0.15, 0.2) is 0 Å². The molecule has 0 aliphatic carbocycles. The zero-order chi connectivity index (χ0) is 10.9. The highest BCUT2D eigenvalue weighted by atomic mass is 35.5. The van der Waals surface area contributed by atoms with Gasteiger partial charge < -0.3 is 4.74 Å². The zero-order valence-electron chi connectivity index (χ0n) is 6.95. The normalized spacial score (nSPS) is 11.6. The summed E-state index contributed by atoms with van der Waals surface area (Å²) in [6.45, 7) is 1.31. The van der Waals surface area contributed by atoms with Gasteiger partial charge in [-0.05, 0) is 13.0 Å². The molecule has 0 spiro atoms. The Kier molecular flexibility index (Phi) is 2.89. The molecule has 0 saturated heterocycles. The van der Waals surface area contributed by atoms with Crippen LogP contribution in [0.4, 0.5) is 17.6 Å². The van der Waals surface area contributed by atoms with E-state index in [0.29, 0.717) is 6.07 Å². The summed E-state index contributed by atoms with van der Waals surface area (Å²) in [7, 11) is 0. The lowest BCUT2D eigenvalue weighted by Gasteiger charge is -2.11. The predicted molar refractivity (Wildman–Crippen MR) is 42.8 cm³/mol. The summed E-state index contributed by atoms with van der Waals surface area (Å²) in [6, 6.07) is 1.55. The average Bonchev–Trinajstić information content (AvgIpc) is 1.96. The summed E-state index contributed by atoms with van der Waals surface area (Å²) in [6.07, 6.45) is -4.85. The van der Waals surface area contributed by atoms with Crippen molar-refractivity contribution in [2.24, 2.45) is 0 Å². The van der Waals surface area contributed by atoms with Crippen LogP contribution in [0.5, 0.6) is 5.75 Å². The molecule has 0 amide bonds. The van der Waals surface area contributed by atoms with Gasteiger partial charge in [-0.1, -0.05) is 11.6 Å². The first-order valence-corrected chi connectivity index (χ1v) is 3.89. The van der Waals surface area contributed by atoms with E-state index in [1.807, 2.05) is 0 Å². The maximum Gasteiger partial charge on any atom is 0.573 e. The van der Waals surface area contributed by atoms with Crippen LogP contribution < -0.4 is 4.74 Å². The van der Waals surface area contributed by atoms with Gasteiger partial charge in [-0.25, -0.2) is 4.39 Å². The molecule has 0 unspecified atom stereocenters. The molecule has 1 aromatic carbocycles. The molecule has 0 fully saturated rings. The fraction of sp³-hybridized carbons (Fsp3) is 0.250. The van der Waals surface area contributed by atoms with E-state index < -0.39 is 17.9 Å². The summed E-state index contributed by atoms with van der Waals surface area (Å²) >= 11 is 5.46. The van der Waals surface area contributed by atoms with E-state index >= 15 is 0 Å². The van der Waals surface area contributed by atoms with E-state index in [1.165, 1.54) is 6.92 Å². The van der Waals surface area contributed by atoms with Crippen molar-refractivity contribution < 1.29 is 22.3 Å². The largest absolute Gasteiger partial charge is 0.573 e. The molecule has 0 heterocycles. The van der Waals surface area contributed by atoms with E-state index in [9.17, 15) is 17.6 Å². The number of hydrogen-bond acceptors (Lipinski definition) is 1. The van der Waals surface area contributed by atoms with Crippen LogP contribution >= 0.6 is 11.6 Å². The third kappa shape index (κ3) is 2.77. The van der Waals surface area contributed by atoms with Crippen molar-refractivity contribution in [3.8, 4) is 5.75 Å². The molecule has 0 aliphatic rings. The molecule has 6 heteroatoms. The lowest BCUT2D eigenvalue weighted by Crippen LogP contribution is -2.18. The van der Waals surface area contributed by atoms with E-state index in [4.69, 9.17) is 11.6 Å². The molecular weight excluding hydrogens is 224 g/mol. The van der Waals surface area contributed by atoms with Crippen LogP contribution in [0.1, 0.15) is 5.56 Å². The van der Waals surface area contributed by atoms with Gasteiger partial charge in [0, 0.05) is 11.6 Å². The number of ether oxygens (including phenoxy) is 1. The van der Waals surface area contributed by atoms with Gasteiger partial charge in [0.25, 0.3) is 0 Å². The van der Waals surface area contributed by atoms with Crippen LogP contribution in [0.2, 0.25) is 5.02 Å². The summed E-state index contributed by atoms with van der Waals surface area (Å²) in [4.78, 5) is 0. The molecule has 0 radical (unpaired) electrons. The van der Waals surface area contributed by atoms with E-state index in [2.05, 4.69) is 4.74 Å². The monoisotopic (exact) mass is 228 g/mol. The highest BCUT2D eigenvalue weighted by molar-refractivity contribution is 6.31. The second kappa shape index (κ2) is 3.65. The molecule has 0 aromatic heterocycles. The first-order chi connectivity index (χ1) is 6.29. The Labute approximate surface area is 82.2 Å². The van der Waals surface area contributed by atoms with E-state index in [-0.39, 0.29) is 10.6 Å². The molecule has 0 N–H and O–H groups in total. The molecule has 0 saturated carbocycles. The van der Waals surface area contributed by atoms with E-state index in [1.54, 1.807) is 0 Å². The summed E-state index contributed by atoms with van der Waals surface area (Å²) < 4.78 is 51.6. The fourth-order valence-electron chi connectivity index (χ4n) is 0.853. The molecule has 0 aliphatic heterocycles. The number of benzene rings is 1. The topological polar surface area (TPSA) is 9.23 Å². The SMILES string of the molecule is Cc1c(Cl)cc(F)cc1OC(F)(F)F. The van der Waals surface area contributed by atoms with Crippen LogP contribution in [0.25, 0.3) is 0 Å². The number of hydrogen-bond donors (Lipinski definition) is 0. The minimum Gasteiger partial charge on any atom is -0.405 e. The summed E-state index contributed by atoms with van der Waals surface area (Å²) in [5.74, 6) is -1.50. The Hall–Kier alpha value is -0.970. The number of rotatable bonds is 1. The molecule has 0 bridgehead atoms. The molecule has 14 heavy (non-hydrogen) atoms. The zero-order valence-corrected chi connectivity index (χ0v) is 7.71. The Balaban J connectivity index is 3.09. The van der Waals surface area contributed by atoms with Crippen LogP contribution in [-0.4, -0.2) is 6.36 Å². The molecule has 1 nitrogen and oxygen atoms in total. The lowest BCUT2D eigenvalue weighted by molar-refractivity contribution is -0.274. The van der Waals surface area contributed by atoms with Crippen molar-refractivity contribution in [1.82, 2.24) is 0 Å². The minimum absolute atomic E-state index is 0.0467. The van der Waals surface area contributed by atoms with Gasteiger partial charge in [-0.3, -0.25) is 0 Å². The summed E-state index contributed by atoms with van der Waals surface area (Å²) in [5.41, 5.74) is 0.0467. The number of halogens is 5. The molecule has 78 valence electrons. The van der Waals surface area contributed by atoms with Crippen LogP contribution in [-0.2, 0) is 0 Å². The smallest absolute Gasteiger partial charge is 0.405 e. The van der Waals surface area contributed by atoms with Gasteiger partial charge in [0.05, 0.1) is 5.02 Å². The Morgan fingerprint density at radius 2 is 1.86 bits per heavy atom. The maximum absolute atomic E-state index is 12.7. The van der Waals surface area contributed by atoms with Crippen molar-refractivity contribution >= 4 is 11.6 Å². The third-order valence-electron chi connectivity index (χ3n) is 1.49. The van der Waals surface area contributed by atoms with E-state index in [0.717, 1.165) is 6.07 Å². The highest BCUT2D eigenvalue weighted by Gasteiger charge is 2.32.